The van der Waals surface area contributed by atoms with Gasteiger partial charge >= 0.3 is 0 Å². The van der Waals surface area contributed by atoms with Crippen molar-refractivity contribution in [3.8, 4) is 0 Å². The van der Waals surface area contributed by atoms with E-state index in [1.54, 1.807) is 0 Å². The minimum absolute atomic E-state index is 0.307. The van der Waals surface area contributed by atoms with Gasteiger partial charge in [0.15, 0.2) is 0 Å². The highest BCUT2D eigenvalue weighted by molar-refractivity contribution is 9.10. The Morgan fingerprint density at radius 1 is 0.947 bits per heavy atom. The molecule has 0 radical (unpaired) electrons. The fourth-order valence-electron chi connectivity index (χ4n) is 2.43. The van der Waals surface area contributed by atoms with Crippen LogP contribution < -0.4 is 5.32 Å². The zero-order chi connectivity index (χ0) is 14.0. The average molecular weight is 318 g/mol. The van der Waals surface area contributed by atoms with Crippen LogP contribution in [-0.2, 0) is 0 Å². The maximum atomic E-state index is 3.61. The Morgan fingerprint density at radius 2 is 1.53 bits per heavy atom. The van der Waals surface area contributed by atoms with Gasteiger partial charge in [-0.2, -0.15) is 0 Å². The second-order valence-electron chi connectivity index (χ2n) is 5.15. The molecule has 19 heavy (non-hydrogen) atoms. The van der Waals surface area contributed by atoms with Crippen LogP contribution in [0.3, 0.4) is 0 Å². The highest BCUT2D eigenvalue weighted by atomic mass is 79.9. The molecule has 0 aromatic heterocycles. The Balaban J connectivity index is 2.24. The summed E-state index contributed by atoms with van der Waals surface area (Å²) in [5.74, 6) is 0. The van der Waals surface area contributed by atoms with Gasteiger partial charge in [0.25, 0.3) is 0 Å². The van der Waals surface area contributed by atoms with E-state index >= 15 is 0 Å². The Bertz CT molecular complexity index is 567. The van der Waals surface area contributed by atoms with Gasteiger partial charge in [-0.25, -0.2) is 0 Å². The fraction of sp³-hybridized carbons (Fsp3) is 0.294. The van der Waals surface area contributed by atoms with Crippen LogP contribution >= 0.6 is 15.9 Å². The van der Waals surface area contributed by atoms with Crippen molar-refractivity contribution >= 4 is 21.6 Å². The van der Waals surface area contributed by atoms with Crippen LogP contribution in [0.1, 0.15) is 35.2 Å². The van der Waals surface area contributed by atoms with Crippen molar-refractivity contribution in [2.75, 3.05) is 5.32 Å². The molecule has 1 nitrogen and oxygen atoms in total. The van der Waals surface area contributed by atoms with E-state index in [4.69, 9.17) is 0 Å². The lowest BCUT2D eigenvalue weighted by molar-refractivity contribution is 0.873. The third kappa shape index (κ3) is 3.19. The number of benzene rings is 2. The monoisotopic (exact) mass is 317 g/mol. The lowest BCUT2D eigenvalue weighted by atomic mass is 10.0. The topological polar surface area (TPSA) is 12.0 Å². The van der Waals surface area contributed by atoms with Gasteiger partial charge in [0, 0.05) is 16.2 Å². The number of nitrogens with one attached hydrogen (secondary N) is 1. The largest absolute Gasteiger partial charge is 0.378 e. The van der Waals surface area contributed by atoms with Crippen molar-refractivity contribution in [1.29, 1.82) is 0 Å². The van der Waals surface area contributed by atoms with Crippen molar-refractivity contribution in [3.05, 3.63) is 63.1 Å². The molecule has 1 N–H and O–H groups in total. The molecule has 0 fully saturated rings. The first-order chi connectivity index (χ1) is 8.99. The molecule has 2 aromatic rings. The summed E-state index contributed by atoms with van der Waals surface area (Å²) in [6.45, 7) is 8.61. The molecule has 2 aromatic carbocycles. The van der Waals surface area contributed by atoms with Gasteiger partial charge in [-0.15, -0.1) is 0 Å². The molecule has 1 unspecified atom stereocenters. The van der Waals surface area contributed by atoms with E-state index in [-0.39, 0.29) is 0 Å². The molecule has 0 saturated carbocycles. The van der Waals surface area contributed by atoms with Crippen LogP contribution in [0.15, 0.2) is 40.9 Å². The van der Waals surface area contributed by atoms with Crippen LogP contribution in [0.4, 0.5) is 5.69 Å². The summed E-state index contributed by atoms with van der Waals surface area (Å²) < 4.78 is 1.20. The molecule has 0 bridgehead atoms. The van der Waals surface area contributed by atoms with Crippen LogP contribution in [-0.4, -0.2) is 0 Å². The van der Waals surface area contributed by atoms with Crippen molar-refractivity contribution in [3.63, 3.8) is 0 Å². The third-order valence-corrected chi connectivity index (χ3v) is 4.73. The Morgan fingerprint density at radius 3 is 2.11 bits per heavy atom. The molecule has 2 rings (SSSR count). The highest BCUT2D eigenvalue weighted by Crippen LogP contribution is 2.28. The van der Waals surface area contributed by atoms with Gasteiger partial charge in [0.2, 0.25) is 0 Å². The van der Waals surface area contributed by atoms with Crippen molar-refractivity contribution in [1.82, 2.24) is 0 Å². The summed E-state index contributed by atoms with van der Waals surface area (Å²) in [6, 6.07) is 13.2. The normalized spacial score (nSPS) is 12.3. The number of hydrogen-bond donors (Lipinski definition) is 1. The van der Waals surface area contributed by atoms with E-state index < -0.39 is 0 Å². The summed E-state index contributed by atoms with van der Waals surface area (Å²) in [7, 11) is 0. The third-order valence-electron chi connectivity index (χ3n) is 3.47. The van der Waals surface area contributed by atoms with E-state index in [1.807, 2.05) is 0 Å². The van der Waals surface area contributed by atoms with Crippen molar-refractivity contribution in [2.45, 2.75) is 33.7 Å². The van der Waals surface area contributed by atoms with Gasteiger partial charge in [0.1, 0.15) is 0 Å². The standard InChI is InChI=1S/C17H20BrN/c1-11-7-5-6-8-16(11)14(4)19-15-9-12(2)17(18)13(3)10-15/h5-10,14,19H,1-4H3. The summed E-state index contributed by atoms with van der Waals surface area (Å²) in [5.41, 5.74) is 6.38. The molecule has 0 aliphatic heterocycles. The van der Waals surface area contributed by atoms with E-state index in [0.29, 0.717) is 6.04 Å². The lowest BCUT2D eigenvalue weighted by Gasteiger charge is -2.19. The number of aryl methyl sites for hydroxylation is 3. The molecule has 0 spiro atoms. The molecule has 0 saturated heterocycles. The molecule has 0 amide bonds. The molecule has 2 heteroatoms. The predicted molar refractivity (Wildman–Crippen MR) is 86.8 cm³/mol. The van der Waals surface area contributed by atoms with Crippen LogP contribution in [0, 0.1) is 20.8 Å². The fourth-order valence-corrected chi connectivity index (χ4v) is 2.66. The van der Waals surface area contributed by atoms with Crippen molar-refractivity contribution in [2.24, 2.45) is 0 Å². The smallest absolute Gasteiger partial charge is 0.0488 e. The summed E-state index contributed by atoms with van der Waals surface area (Å²) >= 11 is 3.61. The maximum Gasteiger partial charge on any atom is 0.0488 e. The van der Waals surface area contributed by atoms with Crippen LogP contribution in [0.2, 0.25) is 0 Å². The van der Waals surface area contributed by atoms with Gasteiger partial charge in [-0.05, 0) is 62.1 Å². The Labute approximate surface area is 124 Å². The highest BCUT2D eigenvalue weighted by Gasteiger charge is 2.09. The summed E-state index contributed by atoms with van der Waals surface area (Å²) in [4.78, 5) is 0. The molecule has 100 valence electrons. The van der Waals surface area contributed by atoms with Gasteiger partial charge in [-0.3, -0.25) is 0 Å². The first-order valence-electron chi connectivity index (χ1n) is 6.58. The Kier molecular flexibility index (Phi) is 4.31. The average Bonchev–Trinajstić information content (AvgIpc) is 2.36. The summed E-state index contributed by atoms with van der Waals surface area (Å²) in [6.07, 6.45) is 0. The predicted octanol–water partition coefficient (Wildman–Crippen LogP) is 5.55. The molecule has 0 heterocycles. The van der Waals surface area contributed by atoms with E-state index in [9.17, 15) is 0 Å². The molecular formula is C17H20BrN. The first kappa shape index (κ1) is 14.1. The quantitative estimate of drug-likeness (QED) is 0.782. The second-order valence-corrected chi connectivity index (χ2v) is 5.94. The first-order valence-corrected chi connectivity index (χ1v) is 7.37. The van der Waals surface area contributed by atoms with Gasteiger partial charge < -0.3 is 5.32 Å². The minimum atomic E-state index is 0.307. The second kappa shape index (κ2) is 5.79. The van der Waals surface area contributed by atoms with Crippen LogP contribution in [0.5, 0.6) is 0 Å². The molecular weight excluding hydrogens is 298 g/mol. The van der Waals surface area contributed by atoms with E-state index in [1.165, 1.54) is 32.4 Å². The minimum Gasteiger partial charge on any atom is -0.378 e. The SMILES string of the molecule is Cc1ccccc1C(C)Nc1cc(C)c(Br)c(C)c1. The number of halogens is 1. The molecule has 0 aliphatic carbocycles. The Hall–Kier alpha value is -1.28. The lowest BCUT2D eigenvalue weighted by Crippen LogP contribution is -2.08. The number of hydrogen-bond acceptors (Lipinski definition) is 1. The number of anilines is 1. The van der Waals surface area contributed by atoms with E-state index in [0.717, 1.165) is 0 Å². The molecule has 1 atom stereocenters. The summed E-state index contributed by atoms with van der Waals surface area (Å²) in [5, 5.41) is 3.59. The molecule has 0 aliphatic rings. The van der Waals surface area contributed by atoms with Gasteiger partial charge in [0.05, 0.1) is 0 Å². The zero-order valence-corrected chi connectivity index (χ0v) is 13.5. The number of rotatable bonds is 3. The van der Waals surface area contributed by atoms with Crippen LogP contribution in [0.25, 0.3) is 0 Å². The van der Waals surface area contributed by atoms with Gasteiger partial charge in [-0.1, -0.05) is 40.2 Å². The van der Waals surface area contributed by atoms with Crippen molar-refractivity contribution < 1.29 is 0 Å². The maximum absolute atomic E-state index is 3.61. The zero-order valence-electron chi connectivity index (χ0n) is 11.9. The van der Waals surface area contributed by atoms with E-state index in [2.05, 4.69) is 85.3 Å².